The van der Waals surface area contributed by atoms with Crippen LogP contribution in [-0.2, 0) is 14.9 Å². The standard InChI is InChI=1S/C16H15FN2O3S/c17-12-5-7-13(8-6-12)19-16-4-2-1-3-15(16)18(23(19,20)21)10-9-14-11-22-14/h1-8,14H,9-11H2/t14-/m0/s1. The van der Waals surface area contributed by atoms with Crippen molar-refractivity contribution in [1.29, 1.82) is 0 Å². The van der Waals surface area contributed by atoms with Crippen LogP contribution in [0, 0.1) is 5.82 Å². The van der Waals surface area contributed by atoms with Gasteiger partial charge in [0.1, 0.15) is 5.82 Å². The van der Waals surface area contributed by atoms with E-state index in [1.807, 2.05) is 6.07 Å². The molecule has 0 amide bonds. The van der Waals surface area contributed by atoms with E-state index in [0.29, 0.717) is 36.6 Å². The van der Waals surface area contributed by atoms with Crippen molar-refractivity contribution in [1.82, 2.24) is 0 Å². The molecule has 2 aromatic rings. The molecule has 0 aliphatic carbocycles. The van der Waals surface area contributed by atoms with Crippen molar-refractivity contribution >= 4 is 27.3 Å². The van der Waals surface area contributed by atoms with Crippen LogP contribution in [0.3, 0.4) is 0 Å². The molecule has 2 aliphatic rings. The van der Waals surface area contributed by atoms with E-state index in [-0.39, 0.29) is 6.10 Å². The number of fused-ring (bicyclic) bond motifs is 1. The van der Waals surface area contributed by atoms with Gasteiger partial charge in [0.15, 0.2) is 0 Å². The number of anilines is 3. The molecular weight excluding hydrogens is 319 g/mol. The van der Waals surface area contributed by atoms with E-state index in [9.17, 15) is 12.8 Å². The largest absolute Gasteiger partial charge is 0.373 e. The van der Waals surface area contributed by atoms with Gasteiger partial charge in [0.2, 0.25) is 0 Å². The van der Waals surface area contributed by atoms with Crippen molar-refractivity contribution in [3.05, 3.63) is 54.3 Å². The highest BCUT2D eigenvalue weighted by Crippen LogP contribution is 2.45. The number of hydrogen-bond acceptors (Lipinski definition) is 3. The molecule has 2 aromatic carbocycles. The van der Waals surface area contributed by atoms with Crippen molar-refractivity contribution in [3.8, 4) is 0 Å². The lowest BCUT2D eigenvalue weighted by atomic mass is 10.2. The Labute approximate surface area is 134 Å². The van der Waals surface area contributed by atoms with E-state index >= 15 is 0 Å². The first-order valence-corrected chi connectivity index (χ1v) is 8.76. The van der Waals surface area contributed by atoms with Crippen molar-refractivity contribution < 1.29 is 17.5 Å². The van der Waals surface area contributed by atoms with E-state index in [1.54, 1.807) is 18.2 Å². The molecule has 0 bridgehead atoms. The second-order valence-corrected chi connectivity index (χ2v) is 7.26. The Kier molecular flexibility index (Phi) is 3.28. The number of benzene rings is 2. The smallest absolute Gasteiger partial charge is 0.330 e. The summed E-state index contributed by atoms with van der Waals surface area (Å²) in [7, 11) is -3.73. The average molecular weight is 334 g/mol. The van der Waals surface area contributed by atoms with E-state index in [1.165, 1.54) is 32.9 Å². The summed E-state index contributed by atoms with van der Waals surface area (Å²) in [5.74, 6) is -0.402. The van der Waals surface area contributed by atoms with Crippen LogP contribution in [0.5, 0.6) is 0 Å². The van der Waals surface area contributed by atoms with Crippen molar-refractivity contribution in [2.45, 2.75) is 12.5 Å². The van der Waals surface area contributed by atoms with Gasteiger partial charge in [-0.25, -0.2) is 8.70 Å². The van der Waals surface area contributed by atoms with Crippen LogP contribution < -0.4 is 8.61 Å². The van der Waals surface area contributed by atoms with E-state index in [4.69, 9.17) is 4.74 Å². The number of rotatable bonds is 4. The van der Waals surface area contributed by atoms with Gasteiger partial charge in [0.25, 0.3) is 0 Å². The maximum Gasteiger partial charge on any atom is 0.330 e. The van der Waals surface area contributed by atoms with Gasteiger partial charge in [0.05, 0.1) is 29.8 Å². The fourth-order valence-corrected chi connectivity index (χ4v) is 4.50. The topological polar surface area (TPSA) is 53.2 Å². The highest BCUT2D eigenvalue weighted by molar-refractivity contribution is 7.95. The Hall–Kier alpha value is -2.12. The van der Waals surface area contributed by atoms with E-state index < -0.39 is 16.0 Å². The molecule has 1 atom stereocenters. The zero-order chi connectivity index (χ0) is 16.0. The number of epoxide rings is 1. The molecule has 0 saturated carbocycles. The lowest BCUT2D eigenvalue weighted by Gasteiger charge is -2.21. The number of halogens is 1. The molecule has 0 N–H and O–H groups in total. The summed E-state index contributed by atoms with van der Waals surface area (Å²) in [6.45, 7) is 1.05. The Bertz CT molecular complexity index is 835. The zero-order valence-corrected chi connectivity index (χ0v) is 13.0. The lowest BCUT2D eigenvalue weighted by molar-refractivity contribution is 0.399. The third-order valence-corrected chi connectivity index (χ3v) is 5.80. The van der Waals surface area contributed by atoms with Crippen LogP contribution in [-0.4, -0.2) is 27.7 Å². The first-order chi connectivity index (χ1) is 11.1. The molecule has 4 rings (SSSR count). The monoisotopic (exact) mass is 334 g/mol. The highest BCUT2D eigenvalue weighted by Gasteiger charge is 2.41. The number of para-hydroxylation sites is 2. The van der Waals surface area contributed by atoms with E-state index in [0.717, 1.165) is 0 Å². The molecule has 0 spiro atoms. The summed E-state index contributed by atoms with van der Waals surface area (Å²) in [5, 5.41) is 0. The van der Waals surface area contributed by atoms with Gasteiger partial charge in [0, 0.05) is 6.54 Å². The molecule has 5 nitrogen and oxygen atoms in total. The predicted molar refractivity (Wildman–Crippen MR) is 85.6 cm³/mol. The van der Waals surface area contributed by atoms with Crippen molar-refractivity contribution in [2.75, 3.05) is 21.8 Å². The summed E-state index contributed by atoms with van der Waals surface area (Å²) < 4.78 is 47.0. The van der Waals surface area contributed by atoms with E-state index in [2.05, 4.69) is 0 Å². The SMILES string of the molecule is O=S1(=O)N(CC[C@H]2CO2)c2ccccc2N1c1ccc(F)cc1. The van der Waals surface area contributed by atoms with Crippen LogP contribution >= 0.6 is 0 Å². The van der Waals surface area contributed by atoms with Crippen molar-refractivity contribution in [3.63, 3.8) is 0 Å². The second-order valence-electron chi connectivity index (χ2n) is 5.55. The van der Waals surface area contributed by atoms with Gasteiger partial charge in [-0.05, 0) is 42.8 Å². The highest BCUT2D eigenvalue weighted by atomic mass is 32.2. The van der Waals surface area contributed by atoms with Gasteiger partial charge < -0.3 is 4.74 Å². The molecular formula is C16H15FN2O3S. The Balaban J connectivity index is 1.77. The molecule has 2 aliphatic heterocycles. The minimum Gasteiger partial charge on any atom is -0.373 e. The molecule has 1 fully saturated rings. The van der Waals surface area contributed by atoms with Gasteiger partial charge >= 0.3 is 10.2 Å². The number of ether oxygens (including phenoxy) is 1. The van der Waals surface area contributed by atoms with Gasteiger partial charge in [-0.3, -0.25) is 4.31 Å². The number of hydrogen-bond donors (Lipinski definition) is 0. The minimum atomic E-state index is -3.73. The Morgan fingerprint density at radius 3 is 2.39 bits per heavy atom. The first kappa shape index (κ1) is 14.5. The maximum absolute atomic E-state index is 13.2. The van der Waals surface area contributed by atoms with Crippen LogP contribution in [0.2, 0.25) is 0 Å². The Morgan fingerprint density at radius 1 is 1.09 bits per heavy atom. The average Bonchev–Trinajstić information content (AvgIpc) is 3.31. The quantitative estimate of drug-likeness (QED) is 0.808. The number of nitrogens with zero attached hydrogens (tertiary/aromatic N) is 2. The van der Waals surface area contributed by atoms with Crippen LogP contribution in [0.1, 0.15) is 6.42 Å². The molecule has 2 heterocycles. The van der Waals surface area contributed by atoms with Gasteiger partial charge in [-0.1, -0.05) is 12.1 Å². The summed E-state index contributed by atoms with van der Waals surface area (Å²) in [5.41, 5.74) is 1.64. The second kappa shape index (κ2) is 5.21. The molecule has 0 unspecified atom stereocenters. The lowest BCUT2D eigenvalue weighted by Crippen LogP contribution is -2.36. The third kappa shape index (κ3) is 2.46. The van der Waals surface area contributed by atoms with Gasteiger partial charge in [-0.2, -0.15) is 8.42 Å². The minimum absolute atomic E-state index is 0.150. The molecule has 23 heavy (non-hydrogen) atoms. The summed E-state index contributed by atoms with van der Waals surface area (Å²) >= 11 is 0. The van der Waals surface area contributed by atoms with Crippen LogP contribution in [0.4, 0.5) is 21.5 Å². The molecule has 0 aromatic heterocycles. The zero-order valence-electron chi connectivity index (χ0n) is 12.2. The van der Waals surface area contributed by atoms with Crippen molar-refractivity contribution in [2.24, 2.45) is 0 Å². The molecule has 120 valence electrons. The fourth-order valence-electron chi connectivity index (χ4n) is 2.77. The molecule has 7 heteroatoms. The molecule has 0 radical (unpaired) electrons. The third-order valence-electron chi connectivity index (χ3n) is 4.00. The van der Waals surface area contributed by atoms with Crippen LogP contribution in [0.25, 0.3) is 0 Å². The Morgan fingerprint density at radius 2 is 1.74 bits per heavy atom. The summed E-state index contributed by atoms with van der Waals surface area (Å²) in [6.07, 6.45) is 0.808. The van der Waals surface area contributed by atoms with Crippen LogP contribution in [0.15, 0.2) is 48.5 Å². The summed E-state index contributed by atoms with van der Waals surface area (Å²) in [6, 6.07) is 12.6. The summed E-state index contributed by atoms with van der Waals surface area (Å²) in [4.78, 5) is 0. The first-order valence-electron chi connectivity index (χ1n) is 7.36. The normalized spacial score (nSPS) is 21.3. The molecule has 1 saturated heterocycles. The van der Waals surface area contributed by atoms with Gasteiger partial charge in [-0.15, -0.1) is 0 Å². The maximum atomic E-state index is 13.2. The predicted octanol–water partition coefficient (Wildman–Crippen LogP) is 2.82. The fraction of sp³-hybridized carbons (Fsp3) is 0.250.